The molecule has 4 heteroatoms. The molecule has 0 radical (unpaired) electrons. The van der Waals surface area contributed by atoms with Crippen molar-refractivity contribution in [3.8, 4) is 0 Å². The summed E-state index contributed by atoms with van der Waals surface area (Å²) in [5.74, 6) is 0.642. The summed E-state index contributed by atoms with van der Waals surface area (Å²) >= 11 is 7.78. The van der Waals surface area contributed by atoms with E-state index >= 15 is 0 Å². The first-order chi connectivity index (χ1) is 10.8. The molecule has 2 aromatic carbocycles. The molecule has 1 aliphatic rings. The number of thiazole rings is 1. The predicted molar refractivity (Wildman–Crippen MR) is 95.3 cm³/mol. The number of fused-ring (bicyclic) bond motifs is 1. The Hall–Kier alpha value is -1.58. The molecule has 112 valence electrons. The number of benzene rings is 2. The predicted octanol–water partition coefficient (Wildman–Crippen LogP) is 5.33. The zero-order chi connectivity index (χ0) is 14.9. The van der Waals surface area contributed by atoms with Crippen molar-refractivity contribution in [2.45, 2.75) is 18.8 Å². The summed E-state index contributed by atoms with van der Waals surface area (Å²) in [6.07, 6.45) is 2.36. The molecule has 22 heavy (non-hydrogen) atoms. The molecule has 0 bridgehead atoms. The highest BCUT2D eigenvalue weighted by molar-refractivity contribution is 7.22. The highest BCUT2D eigenvalue weighted by atomic mass is 35.5. The summed E-state index contributed by atoms with van der Waals surface area (Å²) in [4.78, 5) is 7.20. The van der Waals surface area contributed by atoms with Crippen LogP contribution in [0.3, 0.4) is 0 Å². The minimum atomic E-state index is 0.642. The van der Waals surface area contributed by atoms with E-state index in [1.807, 2.05) is 12.1 Å². The number of nitrogens with zero attached hydrogens (tertiary/aromatic N) is 2. The average Bonchev–Trinajstić information content (AvgIpc) is 3.00. The third kappa shape index (κ3) is 2.71. The number of hydrogen-bond donors (Lipinski definition) is 0. The molecule has 0 aliphatic carbocycles. The summed E-state index contributed by atoms with van der Waals surface area (Å²) in [7, 11) is 0. The quantitative estimate of drug-likeness (QED) is 0.631. The molecule has 0 unspecified atom stereocenters. The standard InChI is InChI=1S/C18H17ClN2S/c19-15-7-5-13(6-8-15)14-9-11-21(12-10-14)18-20-16-3-1-2-4-17(16)22-18/h1-8,14H,9-12H2. The molecular formula is C18H17ClN2S. The fourth-order valence-electron chi connectivity index (χ4n) is 3.13. The number of hydrogen-bond acceptors (Lipinski definition) is 3. The van der Waals surface area contributed by atoms with Crippen LogP contribution in [0, 0.1) is 0 Å². The minimum Gasteiger partial charge on any atom is -0.348 e. The molecule has 3 aromatic rings. The van der Waals surface area contributed by atoms with Gasteiger partial charge in [0.05, 0.1) is 10.2 Å². The van der Waals surface area contributed by atoms with Gasteiger partial charge >= 0.3 is 0 Å². The van der Waals surface area contributed by atoms with Crippen molar-refractivity contribution in [2.24, 2.45) is 0 Å². The normalized spacial score (nSPS) is 16.3. The SMILES string of the molecule is Clc1ccc(C2CCN(c3nc4ccccc4s3)CC2)cc1. The van der Waals surface area contributed by atoms with Crippen LogP contribution in [0.15, 0.2) is 48.5 Å². The highest BCUT2D eigenvalue weighted by Crippen LogP contribution is 2.34. The molecule has 1 aromatic heterocycles. The van der Waals surface area contributed by atoms with E-state index < -0.39 is 0 Å². The first-order valence-electron chi connectivity index (χ1n) is 7.65. The Bertz CT molecular complexity index is 740. The number of piperidine rings is 1. The first-order valence-corrected chi connectivity index (χ1v) is 8.85. The second-order valence-electron chi connectivity index (χ2n) is 5.78. The van der Waals surface area contributed by atoms with Crippen LogP contribution in [-0.2, 0) is 0 Å². The molecular weight excluding hydrogens is 312 g/mol. The lowest BCUT2D eigenvalue weighted by molar-refractivity contribution is 0.505. The summed E-state index contributed by atoms with van der Waals surface area (Å²) < 4.78 is 1.28. The molecule has 1 fully saturated rings. The Morgan fingerprint density at radius 3 is 2.45 bits per heavy atom. The Labute approximate surface area is 139 Å². The maximum Gasteiger partial charge on any atom is 0.186 e. The van der Waals surface area contributed by atoms with E-state index in [2.05, 4.69) is 41.3 Å². The van der Waals surface area contributed by atoms with Gasteiger partial charge in [-0.1, -0.05) is 47.2 Å². The van der Waals surface area contributed by atoms with Crippen molar-refractivity contribution < 1.29 is 0 Å². The molecule has 0 saturated carbocycles. The summed E-state index contributed by atoms with van der Waals surface area (Å²) in [6.45, 7) is 2.15. The molecule has 1 saturated heterocycles. The van der Waals surface area contributed by atoms with Crippen LogP contribution in [0.2, 0.25) is 5.02 Å². The largest absolute Gasteiger partial charge is 0.348 e. The Morgan fingerprint density at radius 1 is 1.00 bits per heavy atom. The fraction of sp³-hybridized carbons (Fsp3) is 0.278. The van der Waals surface area contributed by atoms with Crippen molar-refractivity contribution in [1.29, 1.82) is 0 Å². The van der Waals surface area contributed by atoms with Gasteiger partial charge in [0, 0.05) is 18.1 Å². The van der Waals surface area contributed by atoms with Gasteiger partial charge in [-0.05, 0) is 48.6 Å². The van der Waals surface area contributed by atoms with E-state index in [-0.39, 0.29) is 0 Å². The van der Waals surface area contributed by atoms with Crippen molar-refractivity contribution in [2.75, 3.05) is 18.0 Å². The van der Waals surface area contributed by atoms with Crippen LogP contribution in [0.5, 0.6) is 0 Å². The van der Waals surface area contributed by atoms with Gasteiger partial charge in [0.25, 0.3) is 0 Å². The van der Waals surface area contributed by atoms with Crippen LogP contribution in [0.25, 0.3) is 10.2 Å². The fourth-order valence-corrected chi connectivity index (χ4v) is 4.28. The lowest BCUT2D eigenvalue weighted by Gasteiger charge is -2.32. The molecule has 0 spiro atoms. The monoisotopic (exact) mass is 328 g/mol. The van der Waals surface area contributed by atoms with Gasteiger partial charge < -0.3 is 4.90 Å². The van der Waals surface area contributed by atoms with E-state index in [9.17, 15) is 0 Å². The zero-order valence-electron chi connectivity index (χ0n) is 12.2. The number of halogens is 1. The highest BCUT2D eigenvalue weighted by Gasteiger charge is 2.22. The third-order valence-corrected chi connectivity index (χ3v) is 5.74. The molecule has 0 atom stereocenters. The maximum atomic E-state index is 5.98. The minimum absolute atomic E-state index is 0.642. The second kappa shape index (κ2) is 5.90. The lowest BCUT2D eigenvalue weighted by atomic mass is 9.90. The molecule has 0 amide bonds. The van der Waals surface area contributed by atoms with Crippen molar-refractivity contribution >= 4 is 38.3 Å². The van der Waals surface area contributed by atoms with Gasteiger partial charge in [0.1, 0.15) is 0 Å². The topological polar surface area (TPSA) is 16.1 Å². The Balaban J connectivity index is 1.48. The number of rotatable bonds is 2. The van der Waals surface area contributed by atoms with Gasteiger partial charge in [-0.3, -0.25) is 0 Å². The van der Waals surface area contributed by atoms with Crippen LogP contribution in [0.4, 0.5) is 5.13 Å². The molecule has 0 N–H and O–H groups in total. The van der Waals surface area contributed by atoms with Gasteiger partial charge in [0.2, 0.25) is 0 Å². The molecule has 1 aliphatic heterocycles. The summed E-state index contributed by atoms with van der Waals surface area (Å²) in [6, 6.07) is 16.7. The van der Waals surface area contributed by atoms with E-state index in [1.165, 1.54) is 23.1 Å². The van der Waals surface area contributed by atoms with Gasteiger partial charge in [-0.25, -0.2) is 4.98 Å². The number of aromatic nitrogens is 1. The Kier molecular flexibility index (Phi) is 3.77. The molecule has 2 nitrogen and oxygen atoms in total. The number of anilines is 1. The van der Waals surface area contributed by atoms with E-state index in [0.717, 1.165) is 28.8 Å². The lowest BCUT2D eigenvalue weighted by Crippen LogP contribution is -2.32. The van der Waals surface area contributed by atoms with Crippen LogP contribution in [0.1, 0.15) is 24.3 Å². The van der Waals surface area contributed by atoms with Crippen LogP contribution >= 0.6 is 22.9 Å². The summed E-state index contributed by atoms with van der Waals surface area (Å²) in [5, 5.41) is 1.98. The summed E-state index contributed by atoms with van der Waals surface area (Å²) in [5.41, 5.74) is 2.52. The smallest absolute Gasteiger partial charge is 0.186 e. The third-order valence-electron chi connectivity index (χ3n) is 4.39. The van der Waals surface area contributed by atoms with Crippen LogP contribution in [-0.4, -0.2) is 18.1 Å². The van der Waals surface area contributed by atoms with Crippen molar-refractivity contribution in [1.82, 2.24) is 4.98 Å². The van der Waals surface area contributed by atoms with Crippen molar-refractivity contribution in [3.63, 3.8) is 0 Å². The Morgan fingerprint density at radius 2 is 1.73 bits per heavy atom. The van der Waals surface area contributed by atoms with Crippen molar-refractivity contribution in [3.05, 3.63) is 59.1 Å². The first kappa shape index (κ1) is 14.0. The van der Waals surface area contributed by atoms with Gasteiger partial charge in [-0.2, -0.15) is 0 Å². The van der Waals surface area contributed by atoms with Crippen LogP contribution < -0.4 is 4.90 Å². The molecule has 4 rings (SSSR count). The van der Waals surface area contributed by atoms with Gasteiger partial charge in [0.15, 0.2) is 5.13 Å². The maximum absolute atomic E-state index is 5.98. The van der Waals surface area contributed by atoms with E-state index in [0.29, 0.717) is 5.92 Å². The van der Waals surface area contributed by atoms with E-state index in [4.69, 9.17) is 16.6 Å². The second-order valence-corrected chi connectivity index (χ2v) is 7.22. The average molecular weight is 329 g/mol. The number of para-hydroxylation sites is 1. The van der Waals surface area contributed by atoms with E-state index in [1.54, 1.807) is 11.3 Å². The van der Waals surface area contributed by atoms with Gasteiger partial charge in [-0.15, -0.1) is 0 Å². The molecule has 2 heterocycles. The zero-order valence-corrected chi connectivity index (χ0v) is 13.8.